The molecule has 0 saturated heterocycles. The molecule has 0 aliphatic heterocycles. The first-order valence-electron chi connectivity index (χ1n) is 8.61. The summed E-state index contributed by atoms with van der Waals surface area (Å²) < 4.78 is 3.62. The lowest BCUT2D eigenvalue weighted by atomic mass is 10.2. The fourth-order valence-corrected chi connectivity index (χ4v) is 3.81. The molecule has 0 aromatic carbocycles. The Morgan fingerprint density at radius 2 is 1.96 bits per heavy atom. The first-order chi connectivity index (χ1) is 13.2. The maximum atomic E-state index is 12.3. The lowest BCUT2D eigenvalue weighted by Crippen LogP contribution is -2.15. The van der Waals surface area contributed by atoms with Crippen molar-refractivity contribution in [2.24, 2.45) is 0 Å². The lowest BCUT2D eigenvalue weighted by Gasteiger charge is -2.08. The lowest BCUT2D eigenvalue weighted by molar-refractivity contribution is 0.687. The van der Waals surface area contributed by atoms with Crippen LogP contribution in [0.4, 0.5) is 0 Å². The zero-order chi connectivity index (χ0) is 18.8. The number of hydrogen-bond acceptors (Lipinski definition) is 6. The Kier molecular flexibility index (Phi) is 4.72. The van der Waals surface area contributed by atoms with Crippen molar-refractivity contribution in [3.05, 3.63) is 70.5 Å². The Labute approximate surface area is 160 Å². The van der Waals surface area contributed by atoms with Crippen LogP contribution in [0.1, 0.15) is 18.2 Å². The van der Waals surface area contributed by atoms with E-state index in [1.54, 1.807) is 29.1 Å². The van der Waals surface area contributed by atoms with Crippen molar-refractivity contribution in [1.29, 1.82) is 0 Å². The van der Waals surface area contributed by atoms with Gasteiger partial charge in [0, 0.05) is 42.5 Å². The van der Waals surface area contributed by atoms with Crippen LogP contribution < -0.4 is 5.56 Å². The SMILES string of the molecule is CCn1c(SCc2cc(=O)n3cccc(C)c3n2)nnc1-c1ccncc1. The van der Waals surface area contributed by atoms with Gasteiger partial charge in [-0.3, -0.25) is 14.2 Å². The maximum absolute atomic E-state index is 12.3. The van der Waals surface area contributed by atoms with Gasteiger partial charge in [0.15, 0.2) is 11.0 Å². The van der Waals surface area contributed by atoms with Gasteiger partial charge in [-0.05, 0) is 37.6 Å². The number of nitrogens with zero attached hydrogens (tertiary/aromatic N) is 6. The first kappa shape index (κ1) is 17.4. The molecule has 0 N–H and O–H groups in total. The van der Waals surface area contributed by atoms with E-state index >= 15 is 0 Å². The van der Waals surface area contributed by atoms with Gasteiger partial charge in [-0.15, -0.1) is 10.2 Å². The van der Waals surface area contributed by atoms with E-state index in [9.17, 15) is 4.79 Å². The van der Waals surface area contributed by atoms with Crippen LogP contribution in [0.3, 0.4) is 0 Å². The van der Waals surface area contributed by atoms with E-state index < -0.39 is 0 Å². The number of rotatable bonds is 5. The summed E-state index contributed by atoms with van der Waals surface area (Å²) in [5, 5.41) is 9.46. The fraction of sp³-hybridized carbons (Fsp3) is 0.211. The standard InChI is InChI=1S/C19H18N6OS/c1-3-24-18(14-6-8-20-9-7-14)22-23-19(24)27-12-15-11-16(26)25-10-4-5-13(2)17(25)21-15/h4-11H,3,12H2,1-2H3. The van der Waals surface area contributed by atoms with Crippen molar-refractivity contribution in [3.63, 3.8) is 0 Å². The van der Waals surface area contributed by atoms with E-state index in [0.29, 0.717) is 11.4 Å². The molecule has 136 valence electrons. The summed E-state index contributed by atoms with van der Waals surface area (Å²) >= 11 is 1.53. The van der Waals surface area contributed by atoms with Crippen molar-refractivity contribution in [2.45, 2.75) is 31.3 Å². The van der Waals surface area contributed by atoms with Gasteiger partial charge in [0.05, 0.1) is 5.69 Å². The molecule has 7 nitrogen and oxygen atoms in total. The average Bonchev–Trinajstić information content (AvgIpc) is 3.11. The van der Waals surface area contributed by atoms with Crippen LogP contribution in [0.2, 0.25) is 0 Å². The molecule has 0 saturated carbocycles. The quantitative estimate of drug-likeness (QED) is 0.497. The number of hydrogen-bond donors (Lipinski definition) is 0. The van der Waals surface area contributed by atoms with Crippen LogP contribution in [0.5, 0.6) is 0 Å². The van der Waals surface area contributed by atoms with Crippen LogP contribution in [0.25, 0.3) is 17.0 Å². The van der Waals surface area contributed by atoms with Crippen LogP contribution in [-0.2, 0) is 12.3 Å². The van der Waals surface area contributed by atoms with Gasteiger partial charge >= 0.3 is 0 Å². The van der Waals surface area contributed by atoms with Crippen molar-refractivity contribution in [1.82, 2.24) is 29.1 Å². The minimum atomic E-state index is -0.0752. The Morgan fingerprint density at radius 3 is 2.74 bits per heavy atom. The molecule has 0 aliphatic carbocycles. The largest absolute Gasteiger partial charge is 0.302 e. The molecule has 0 amide bonds. The normalized spacial score (nSPS) is 11.2. The number of aromatic nitrogens is 6. The van der Waals surface area contributed by atoms with Gasteiger partial charge in [0.1, 0.15) is 5.65 Å². The molecule has 4 aromatic heterocycles. The van der Waals surface area contributed by atoms with Crippen molar-refractivity contribution < 1.29 is 0 Å². The Balaban J connectivity index is 1.63. The summed E-state index contributed by atoms with van der Waals surface area (Å²) in [6.45, 7) is 4.76. The summed E-state index contributed by atoms with van der Waals surface area (Å²) in [5.74, 6) is 1.36. The topological polar surface area (TPSA) is 78.0 Å². The molecule has 0 radical (unpaired) electrons. The third-order valence-corrected chi connectivity index (χ3v) is 5.26. The van der Waals surface area contributed by atoms with E-state index in [1.807, 2.05) is 31.2 Å². The molecule has 8 heteroatoms. The molecule has 4 heterocycles. The van der Waals surface area contributed by atoms with Gasteiger partial charge < -0.3 is 4.57 Å². The molecular formula is C19H18N6OS. The van der Waals surface area contributed by atoms with Gasteiger partial charge in [0.25, 0.3) is 5.56 Å². The molecule has 0 bridgehead atoms. The van der Waals surface area contributed by atoms with E-state index in [0.717, 1.165) is 34.3 Å². The summed E-state index contributed by atoms with van der Waals surface area (Å²) in [5.41, 5.74) is 3.29. The predicted octanol–water partition coefficient (Wildman–Crippen LogP) is 2.97. The highest BCUT2D eigenvalue weighted by atomic mass is 32.2. The van der Waals surface area contributed by atoms with E-state index in [1.165, 1.54) is 11.8 Å². The summed E-state index contributed by atoms with van der Waals surface area (Å²) in [7, 11) is 0. The molecule has 0 unspecified atom stereocenters. The van der Waals surface area contributed by atoms with Crippen molar-refractivity contribution in [3.8, 4) is 11.4 Å². The number of aryl methyl sites for hydroxylation is 1. The average molecular weight is 378 g/mol. The van der Waals surface area contributed by atoms with Crippen LogP contribution in [-0.4, -0.2) is 29.1 Å². The second-order valence-electron chi connectivity index (χ2n) is 6.05. The Morgan fingerprint density at radius 1 is 1.15 bits per heavy atom. The second-order valence-corrected chi connectivity index (χ2v) is 6.99. The third kappa shape index (κ3) is 3.35. The van der Waals surface area contributed by atoms with Crippen molar-refractivity contribution in [2.75, 3.05) is 0 Å². The smallest absolute Gasteiger partial charge is 0.258 e. The van der Waals surface area contributed by atoms with E-state index in [2.05, 4.69) is 31.7 Å². The minimum absolute atomic E-state index is 0.0752. The molecule has 27 heavy (non-hydrogen) atoms. The highest BCUT2D eigenvalue weighted by Crippen LogP contribution is 2.25. The van der Waals surface area contributed by atoms with Gasteiger partial charge in [-0.1, -0.05) is 17.8 Å². The van der Waals surface area contributed by atoms with E-state index in [4.69, 9.17) is 0 Å². The number of fused-ring (bicyclic) bond motifs is 1. The Bertz CT molecular complexity index is 1150. The molecule has 4 rings (SSSR count). The molecule has 0 aliphatic rings. The van der Waals surface area contributed by atoms with Gasteiger partial charge in [-0.2, -0.15) is 0 Å². The predicted molar refractivity (Wildman–Crippen MR) is 105 cm³/mol. The minimum Gasteiger partial charge on any atom is -0.302 e. The van der Waals surface area contributed by atoms with Gasteiger partial charge in [-0.25, -0.2) is 4.98 Å². The molecule has 4 aromatic rings. The molecule has 0 fully saturated rings. The van der Waals surface area contributed by atoms with Crippen LogP contribution in [0, 0.1) is 6.92 Å². The third-order valence-electron chi connectivity index (χ3n) is 4.26. The number of pyridine rings is 2. The fourth-order valence-electron chi connectivity index (χ4n) is 2.92. The van der Waals surface area contributed by atoms with Crippen LogP contribution >= 0.6 is 11.8 Å². The summed E-state index contributed by atoms with van der Waals surface area (Å²) in [4.78, 5) is 21.0. The molecule has 0 atom stereocenters. The molecule has 0 spiro atoms. The maximum Gasteiger partial charge on any atom is 0.258 e. The monoisotopic (exact) mass is 378 g/mol. The summed E-state index contributed by atoms with van der Waals surface area (Å²) in [6, 6.07) is 9.21. The zero-order valence-corrected chi connectivity index (χ0v) is 15.8. The second kappa shape index (κ2) is 7.32. The van der Waals surface area contributed by atoms with Crippen LogP contribution in [0.15, 0.2) is 58.9 Å². The first-order valence-corrected chi connectivity index (χ1v) is 9.60. The van der Waals surface area contributed by atoms with Gasteiger partial charge in [0.2, 0.25) is 0 Å². The highest BCUT2D eigenvalue weighted by Gasteiger charge is 2.14. The summed E-state index contributed by atoms with van der Waals surface area (Å²) in [6.07, 6.45) is 5.22. The molecular weight excluding hydrogens is 360 g/mol. The van der Waals surface area contributed by atoms with Crippen molar-refractivity contribution >= 4 is 17.4 Å². The zero-order valence-electron chi connectivity index (χ0n) is 15.0. The van der Waals surface area contributed by atoms with E-state index in [-0.39, 0.29) is 5.56 Å². The Hall–Kier alpha value is -3.00. The highest BCUT2D eigenvalue weighted by molar-refractivity contribution is 7.98. The number of thioether (sulfide) groups is 1.